The van der Waals surface area contributed by atoms with E-state index in [0.717, 1.165) is 0 Å². The lowest BCUT2D eigenvalue weighted by Crippen LogP contribution is -2.12. The minimum Gasteiger partial charge on any atom is -0.481 e. The van der Waals surface area contributed by atoms with Gasteiger partial charge in [-0.15, -0.1) is 0 Å². The Bertz CT molecular complexity index is 188. The van der Waals surface area contributed by atoms with Crippen LogP contribution in [0, 0.1) is 11.8 Å². The number of carboxylic acid groups (broad SMARTS) is 1. The zero-order valence-electron chi connectivity index (χ0n) is 6.27. The summed E-state index contributed by atoms with van der Waals surface area (Å²) in [7, 11) is 0. The van der Waals surface area contributed by atoms with Crippen molar-refractivity contribution < 1.29 is 23.1 Å². The van der Waals surface area contributed by atoms with Crippen molar-refractivity contribution in [3.63, 3.8) is 0 Å². The molecule has 0 amide bonds. The lowest BCUT2D eigenvalue weighted by molar-refractivity contribution is -0.152. The molecule has 1 fully saturated rings. The second kappa shape index (κ2) is 2.95. The van der Waals surface area contributed by atoms with Gasteiger partial charge in [0.05, 0.1) is 5.92 Å². The van der Waals surface area contributed by atoms with Gasteiger partial charge in [0.25, 0.3) is 0 Å². The number of carbonyl (C=O) groups is 1. The Morgan fingerprint density at radius 3 is 2.42 bits per heavy atom. The molecule has 0 aromatic rings. The Labute approximate surface area is 67.4 Å². The SMILES string of the molecule is O=C(O)CCC1CC1C(F)(F)F. The number of rotatable bonds is 3. The van der Waals surface area contributed by atoms with Crippen molar-refractivity contribution >= 4 is 5.97 Å². The van der Waals surface area contributed by atoms with Crippen LogP contribution in [0.25, 0.3) is 0 Å². The average molecular weight is 182 g/mol. The molecule has 12 heavy (non-hydrogen) atoms. The molecule has 0 radical (unpaired) electrons. The van der Waals surface area contributed by atoms with Crippen LogP contribution in [0.3, 0.4) is 0 Å². The highest BCUT2D eigenvalue weighted by atomic mass is 19.4. The fourth-order valence-electron chi connectivity index (χ4n) is 1.28. The van der Waals surface area contributed by atoms with Crippen LogP contribution < -0.4 is 0 Å². The molecular formula is C7H9F3O2. The van der Waals surface area contributed by atoms with E-state index in [1.807, 2.05) is 0 Å². The first-order chi connectivity index (χ1) is 5.41. The van der Waals surface area contributed by atoms with Crippen LogP contribution in [0.5, 0.6) is 0 Å². The standard InChI is InChI=1S/C7H9F3O2/c8-7(9,10)5-3-4(5)1-2-6(11)12/h4-5H,1-3H2,(H,11,12). The molecule has 1 saturated carbocycles. The van der Waals surface area contributed by atoms with Crippen molar-refractivity contribution in [3.05, 3.63) is 0 Å². The van der Waals surface area contributed by atoms with Gasteiger partial charge in [-0.1, -0.05) is 0 Å². The third-order valence-electron chi connectivity index (χ3n) is 2.07. The maximum Gasteiger partial charge on any atom is 0.392 e. The van der Waals surface area contributed by atoms with Crippen molar-refractivity contribution in [3.8, 4) is 0 Å². The van der Waals surface area contributed by atoms with E-state index in [2.05, 4.69) is 0 Å². The highest BCUT2D eigenvalue weighted by molar-refractivity contribution is 5.66. The van der Waals surface area contributed by atoms with Crippen LogP contribution in [0.4, 0.5) is 13.2 Å². The van der Waals surface area contributed by atoms with Gasteiger partial charge < -0.3 is 5.11 Å². The van der Waals surface area contributed by atoms with Gasteiger partial charge in [-0.05, 0) is 18.8 Å². The van der Waals surface area contributed by atoms with Gasteiger partial charge in [-0.25, -0.2) is 0 Å². The van der Waals surface area contributed by atoms with Crippen molar-refractivity contribution in [2.45, 2.75) is 25.4 Å². The van der Waals surface area contributed by atoms with Crippen LogP contribution in [0.15, 0.2) is 0 Å². The summed E-state index contributed by atoms with van der Waals surface area (Å²) in [6, 6.07) is 0. The van der Waals surface area contributed by atoms with Gasteiger partial charge in [0, 0.05) is 6.42 Å². The maximum atomic E-state index is 11.9. The number of alkyl halides is 3. The van der Waals surface area contributed by atoms with E-state index >= 15 is 0 Å². The van der Waals surface area contributed by atoms with Gasteiger partial charge >= 0.3 is 12.1 Å². The van der Waals surface area contributed by atoms with E-state index in [1.54, 1.807) is 0 Å². The van der Waals surface area contributed by atoms with Crippen LogP contribution in [0.2, 0.25) is 0 Å². The lowest BCUT2D eigenvalue weighted by atomic mass is 10.2. The second-order valence-electron chi connectivity index (χ2n) is 3.08. The predicted octanol–water partition coefficient (Wildman–Crippen LogP) is 2.05. The third kappa shape index (κ3) is 2.39. The number of hydrogen-bond donors (Lipinski definition) is 1. The van der Waals surface area contributed by atoms with E-state index in [4.69, 9.17) is 5.11 Å². The summed E-state index contributed by atoms with van der Waals surface area (Å²) < 4.78 is 35.6. The minimum absolute atomic E-state index is 0.108. The van der Waals surface area contributed by atoms with Crippen LogP contribution in [-0.4, -0.2) is 17.3 Å². The molecular weight excluding hydrogens is 173 g/mol. The molecule has 0 saturated heterocycles. The molecule has 0 aromatic carbocycles. The number of carboxylic acids is 1. The van der Waals surface area contributed by atoms with E-state index in [0.29, 0.717) is 0 Å². The highest BCUT2D eigenvalue weighted by Crippen LogP contribution is 2.52. The highest BCUT2D eigenvalue weighted by Gasteiger charge is 2.54. The molecule has 0 aromatic heterocycles. The zero-order chi connectivity index (χ0) is 9.35. The molecule has 0 spiro atoms. The summed E-state index contributed by atoms with van der Waals surface area (Å²) in [4.78, 5) is 10.0. The first-order valence-electron chi connectivity index (χ1n) is 3.69. The molecule has 0 bridgehead atoms. The Morgan fingerprint density at radius 1 is 1.50 bits per heavy atom. The summed E-state index contributed by atoms with van der Waals surface area (Å²) in [5.41, 5.74) is 0. The number of hydrogen-bond acceptors (Lipinski definition) is 1. The van der Waals surface area contributed by atoms with E-state index in [-0.39, 0.29) is 19.3 Å². The molecule has 2 nitrogen and oxygen atoms in total. The minimum atomic E-state index is -4.12. The molecule has 5 heteroatoms. The first-order valence-corrected chi connectivity index (χ1v) is 3.69. The number of aliphatic carboxylic acids is 1. The average Bonchev–Trinajstić information content (AvgIpc) is 2.59. The largest absolute Gasteiger partial charge is 0.481 e. The van der Waals surface area contributed by atoms with Gasteiger partial charge in [0.2, 0.25) is 0 Å². The van der Waals surface area contributed by atoms with Crippen LogP contribution >= 0.6 is 0 Å². The van der Waals surface area contributed by atoms with E-state index in [1.165, 1.54) is 0 Å². The van der Waals surface area contributed by atoms with Gasteiger partial charge in [0.1, 0.15) is 0 Å². The molecule has 1 aliphatic carbocycles. The van der Waals surface area contributed by atoms with Crippen molar-refractivity contribution in [1.82, 2.24) is 0 Å². The summed E-state index contributed by atoms with van der Waals surface area (Å²) in [6.45, 7) is 0. The van der Waals surface area contributed by atoms with Gasteiger partial charge in [0.15, 0.2) is 0 Å². The fraction of sp³-hybridized carbons (Fsp3) is 0.857. The zero-order valence-corrected chi connectivity index (χ0v) is 6.27. The predicted molar refractivity (Wildman–Crippen MR) is 34.5 cm³/mol. The molecule has 2 atom stereocenters. The topological polar surface area (TPSA) is 37.3 Å². The van der Waals surface area contributed by atoms with Crippen LogP contribution in [-0.2, 0) is 4.79 Å². The first kappa shape index (κ1) is 9.35. The molecule has 1 N–H and O–H groups in total. The third-order valence-corrected chi connectivity index (χ3v) is 2.07. The fourth-order valence-corrected chi connectivity index (χ4v) is 1.28. The molecule has 70 valence electrons. The van der Waals surface area contributed by atoms with Crippen molar-refractivity contribution in [2.75, 3.05) is 0 Å². The molecule has 0 aliphatic heterocycles. The van der Waals surface area contributed by atoms with Gasteiger partial charge in [-0.2, -0.15) is 13.2 Å². The monoisotopic (exact) mass is 182 g/mol. The quantitative estimate of drug-likeness (QED) is 0.725. The Morgan fingerprint density at radius 2 is 2.08 bits per heavy atom. The second-order valence-corrected chi connectivity index (χ2v) is 3.08. The lowest BCUT2D eigenvalue weighted by Gasteiger charge is -2.03. The van der Waals surface area contributed by atoms with Crippen LogP contribution in [0.1, 0.15) is 19.3 Å². The molecule has 0 heterocycles. The smallest absolute Gasteiger partial charge is 0.392 e. The molecule has 2 unspecified atom stereocenters. The normalized spacial score (nSPS) is 28.6. The summed E-state index contributed by atoms with van der Waals surface area (Å²) >= 11 is 0. The Balaban J connectivity index is 2.21. The summed E-state index contributed by atoms with van der Waals surface area (Å²) in [5.74, 6) is -2.71. The van der Waals surface area contributed by atoms with Crippen molar-refractivity contribution in [2.24, 2.45) is 11.8 Å². The summed E-state index contributed by atoms with van der Waals surface area (Å²) in [5, 5.41) is 8.20. The Kier molecular flexibility index (Phi) is 2.30. The van der Waals surface area contributed by atoms with Gasteiger partial charge in [-0.3, -0.25) is 4.79 Å². The van der Waals surface area contributed by atoms with Crippen molar-refractivity contribution in [1.29, 1.82) is 0 Å². The molecule has 1 rings (SSSR count). The number of halogens is 3. The maximum absolute atomic E-state index is 11.9. The Hall–Kier alpha value is -0.740. The molecule has 1 aliphatic rings. The van der Waals surface area contributed by atoms with E-state index in [9.17, 15) is 18.0 Å². The summed E-state index contributed by atoms with van der Waals surface area (Å²) in [6.07, 6.45) is -4.02. The van der Waals surface area contributed by atoms with E-state index < -0.39 is 24.0 Å².